The first-order chi connectivity index (χ1) is 13.1. The fraction of sp³-hybridized carbons (Fsp3) is 0.478. The lowest BCUT2D eigenvalue weighted by molar-refractivity contribution is -0.134. The monoisotopic (exact) mass is 382 g/mol. The number of hydrogen-bond donors (Lipinski definition) is 0. The Hall–Kier alpha value is -1.87. The predicted molar refractivity (Wildman–Crippen MR) is 110 cm³/mol. The summed E-state index contributed by atoms with van der Waals surface area (Å²) in [5, 5.41) is 0.744. The Balaban J connectivity index is 1.46. The van der Waals surface area contributed by atoms with Gasteiger partial charge in [0.2, 0.25) is 5.91 Å². The van der Waals surface area contributed by atoms with Gasteiger partial charge in [-0.1, -0.05) is 49.6 Å². The topological polar surface area (TPSA) is 33.2 Å². The maximum Gasteiger partial charge on any atom is 0.226 e. The minimum atomic E-state index is 0.0702. The summed E-state index contributed by atoms with van der Waals surface area (Å²) < 4.78 is 0. The first kappa shape index (κ1) is 18.5. The molecular formula is C23H27ClN2O. The average Bonchev–Trinajstić information content (AvgIpc) is 3.05. The van der Waals surface area contributed by atoms with Crippen LogP contribution in [0.15, 0.2) is 42.7 Å². The third kappa shape index (κ3) is 3.89. The van der Waals surface area contributed by atoms with Crippen molar-refractivity contribution in [2.75, 3.05) is 6.54 Å². The molecule has 4 heteroatoms. The number of carbonyl (C=O) groups excluding carboxylic acids is 1. The number of nitrogens with zero attached hydrogens (tertiary/aromatic N) is 2. The first-order valence-electron chi connectivity index (χ1n) is 10.1. The van der Waals surface area contributed by atoms with Gasteiger partial charge in [0.1, 0.15) is 0 Å². The Morgan fingerprint density at radius 3 is 2.74 bits per heavy atom. The van der Waals surface area contributed by atoms with Gasteiger partial charge >= 0.3 is 0 Å². The summed E-state index contributed by atoms with van der Waals surface area (Å²) in [6.45, 7) is 3.21. The van der Waals surface area contributed by atoms with E-state index in [1.165, 1.54) is 25.7 Å². The fourth-order valence-corrected chi connectivity index (χ4v) is 4.99. The summed E-state index contributed by atoms with van der Waals surface area (Å²) in [6.07, 6.45) is 10.3. The highest BCUT2D eigenvalue weighted by Gasteiger charge is 2.38. The third-order valence-electron chi connectivity index (χ3n) is 6.33. The molecule has 1 saturated heterocycles. The van der Waals surface area contributed by atoms with E-state index in [1.54, 1.807) is 6.20 Å². The lowest BCUT2D eigenvalue weighted by Gasteiger charge is -2.36. The molecule has 3 unspecified atom stereocenters. The van der Waals surface area contributed by atoms with Crippen molar-refractivity contribution in [3.05, 3.63) is 53.3 Å². The molecule has 1 aromatic heterocycles. The Labute approximate surface area is 166 Å². The molecule has 1 amide bonds. The van der Waals surface area contributed by atoms with Gasteiger partial charge in [0, 0.05) is 41.5 Å². The third-order valence-corrected chi connectivity index (χ3v) is 6.68. The number of amides is 1. The van der Waals surface area contributed by atoms with Crippen molar-refractivity contribution in [2.24, 2.45) is 11.8 Å². The van der Waals surface area contributed by atoms with E-state index in [0.717, 1.165) is 41.1 Å². The van der Waals surface area contributed by atoms with E-state index in [2.05, 4.69) is 28.9 Å². The van der Waals surface area contributed by atoms with Crippen molar-refractivity contribution >= 4 is 17.5 Å². The molecule has 4 rings (SSSR count). The summed E-state index contributed by atoms with van der Waals surface area (Å²) in [5.74, 6) is 1.03. The SMILES string of the molecule is CC1CCCCC1N1CCC(Cc2ccc(-c3cccnc3)cc2Cl)C1=O. The van der Waals surface area contributed by atoms with E-state index in [-0.39, 0.29) is 5.92 Å². The van der Waals surface area contributed by atoms with Gasteiger partial charge in [0.05, 0.1) is 0 Å². The lowest BCUT2D eigenvalue weighted by atomic mass is 9.85. The maximum atomic E-state index is 13.0. The molecule has 1 saturated carbocycles. The molecule has 2 heterocycles. The summed E-state index contributed by atoms with van der Waals surface area (Å²) >= 11 is 6.57. The van der Waals surface area contributed by atoms with Crippen LogP contribution >= 0.6 is 11.6 Å². The van der Waals surface area contributed by atoms with Crippen LogP contribution in [0, 0.1) is 11.8 Å². The van der Waals surface area contributed by atoms with Gasteiger partial charge in [-0.3, -0.25) is 9.78 Å². The largest absolute Gasteiger partial charge is 0.339 e. The van der Waals surface area contributed by atoms with Gasteiger partial charge in [-0.15, -0.1) is 0 Å². The molecule has 1 aliphatic carbocycles. The van der Waals surface area contributed by atoms with Crippen molar-refractivity contribution in [3.63, 3.8) is 0 Å². The van der Waals surface area contributed by atoms with E-state index >= 15 is 0 Å². The Bertz CT molecular complexity index is 807. The maximum absolute atomic E-state index is 13.0. The molecule has 142 valence electrons. The Morgan fingerprint density at radius 1 is 1.15 bits per heavy atom. The normalized spacial score (nSPS) is 25.8. The summed E-state index contributed by atoms with van der Waals surface area (Å²) in [6, 6.07) is 10.5. The molecule has 0 bridgehead atoms. The molecule has 2 aliphatic rings. The highest BCUT2D eigenvalue weighted by molar-refractivity contribution is 6.31. The van der Waals surface area contributed by atoms with Crippen molar-refractivity contribution in [1.82, 2.24) is 9.88 Å². The average molecular weight is 383 g/mol. The van der Waals surface area contributed by atoms with Crippen LogP contribution in [0.2, 0.25) is 5.02 Å². The van der Waals surface area contributed by atoms with Crippen molar-refractivity contribution in [1.29, 1.82) is 0 Å². The smallest absolute Gasteiger partial charge is 0.226 e. The molecule has 1 aliphatic heterocycles. The van der Waals surface area contributed by atoms with Gasteiger partial charge in [0.15, 0.2) is 0 Å². The van der Waals surface area contributed by atoms with Crippen LogP contribution in [-0.2, 0) is 11.2 Å². The highest BCUT2D eigenvalue weighted by atomic mass is 35.5. The zero-order chi connectivity index (χ0) is 18.8. The van der Waals surface area contributed by atoms with Crippen LogP contribution in [0.3, 0.4) is 0 Å². The van der Waals surface area contributed by atoms with E-state index in [0.29, 0.717) is 17.9 Å². The van der Waals surface area contributed by atoms with Gasteiger partial charge in [-0.25, -0.2) is 0 Å². The van der Waals surface area contributed by atoms with E-state index in [1.807, 2.05) is 24.4 Å². The molecule has 3 atom stereocenters. The second-order valence-electron chi connectivity index (χ2n) is 8.10. The lowest BCUT2D eigenvalue weighted by Crippen LogP contribution is -2.43. The Kier molecular flexibility index (Phi) is 5.49. The minimum absolute atomic E-state index is 0.0702. The summed E-state index contributed by atoms with van der Waals surface area (Å²) in [5.41, 5.74) is 3.19. The second kappa shape index (κ2) is 8.02. The van der Waals surface area contributed by atoms with Gasteiger partial charge in [-0.2, -0.15) is 0 Å². The van der Waals surface area contributed by atoms with E-state index < -0.39 is 0 Å². The molecule has 3 nitrogen and oxygen atoms in total. The zero-order valence-electron chi connectivity index (χ0n) is 15.9. The van der Waals surface area contributed by atoms with E-state index in [9.17, 15) is 4.79 Å². The number of likely N-dealkylation sites (tertiary alicyclic amines) is 1. The van der Waals surface area contributed by atoms with Crippen LogP contribution in [0.4, 0.5) is 0 Å². The molecule has 0 spiro atoms. The molecule has 27 heavy (non-hydrogen) atoms. The Morgan fingerprint density at radius 2 is 2.00 bits per heavy atom. The van der Waals surface area contributed by atoms with Crippen LogP contribution in [0.5, 0.6) is 0 Å². The van der Waals surface area contributed by atoms with Gasteiger partial charge < -0.3 is 4.90 Å². The van der Waals surface area contributed by atoms with Crippen LogP contribution in [0.25, 0.3) is 11.1 Å². The summed E-state index contributed by atoms with van der Waals surface area (Å²) in [4.78, 5) is 19.4. The molecule has 2 fully saturated rings. The van der Waals surface area contributed by atoms with Crippen molar-refractivity contribution in [3.8, 4) is 11.1 Å². The second-order valence-corrected chi connectivity index (χ2v) is 8.51. The molecule has 2 aromatic rings. The minimum Gasteiger partial charge on any atom is -0.339 e. The molecular weight excluding hydrogens is 356 g/mol. The molecule has 0 N–H and O–H groups in total. The van der Waals surface area contributed by atoms with Gasteiger partial charge in [0.25, 0.3) is 0 Å². The predicted octanol–water partition coefficient (Wildman–Crippen LogP) is 5.37. The van der Waals surface area contributed by atoms with Crippen molar-refractivity contribution < 1.29 is 4.79 Å². The first-order valence-corrected chi connectivity index (χ1v) is 10.5. The number of pyridine rings is 1. The highest BCUT2D eigenvalue weighted by Crippen LogP contribution is 2.34. The number of rotatable bonds is 4. The number of aromatic nitrogens is 1. The number of benzene rings is 1. The molecule has 1 aromatic carbocycles. The standard InChI is InChI=1S/C23H27ClN2O/c1-16-5-2-3-7-22(16)26-12-10-19(23(26)27)13-18-9-8-17(14-21(18)24)20-6-4-11-25-15-20/h4,6,8-9,11,14-16,19,22H,2-3,5,7,10,12-13H2,1H3. The van der Waals surface area contributed by atoms with Crippen molar-refractivity contribution in [2.45, 2.75) is 51.5 Å². The van der Waals surface area contributed by atoms with Crippen LogP contribution in [0.1, 0.15) is 44.6 Å². The summed E-state index contributed by atoms with van der Waals surface area (Å²) in [7, 11) is 0. The number of carbonyl (C=O) groups is 1. The number of halogens is 1. The van der Waals surface area contributed by atoms with Gasteiger partial charge in [-0.05, 0) is 54.9 Å². The van der Waals surface area contributed by atoms with E-state index in [4.69, 9.17) is 11.6 Å². The zero-order valence-corrected chi connectivity index (χ0v) is 16.7. The molecule has 0 radical (unpaired) electrons. The van der Waals surface area contributed by atoms with Crippen LogP contribution < -0.4 is 0 Å². The quantitative estimate of drug-likeness (QED) is 0.712. The fourth-order valence-electron chi connectivity index (χ4n) is 4.73. The van der Waals surface area contributed by atoms with Crippen LogP contribution in [-0.4, -0.2) is 28.4 Å². The number of hydrogen-bond acceptors (Lipinski definition) is 2.